The van der Waals surface area contributed by atoms with Gasteiger partial charge >= 0.3 is 0 Å². The maximum absolute atomic E-state index is 12.5. The lowest BCUT2D eigenvalue weighted by molar-refractivity contribution is -0.115. The van der Waals surface area contributed by atoms with E-state index < -0.39 is 10.8 Å². The van der Waals surface area contributed by atoms with Crippen molar-refractivity contribution in [3.8, 4) is 17.3 Å². The number of anilines is 1. The highest BCUT2D eigenvalue weighted by molar-refractivity contribution is 8.00. The lowest BCUT2D eigenvalue weighted by atomic mass is 10.1. The molecule has 2 aromatic carbocycles. The smallest absolute Gasteiger partial charge is 0.270 e. The molecule has 0 aliphatic rings. The minimum absolute atomic E-state index is 0.0475. The SMILES string of the molecule is CCc1ccc(NC(=O)[C@@H](C)Sc2nc(-c3ccccc3)c(C#N)c(=O)[nH]2)cc1. The van der Waals surface area contributed by atoms with Gasteiger partial charge < -0.3 is 10.3 Å². The third-order valence-corrected chi connectivity index (χ3v) is 5.33. The van der Waals surface area contributed by atoms with Crippen molar-refractivity contribution < 1.29 is 4.79 Å². The van der Waals surface area contributed by atoms with Crippen molar-refractivity contribution >= 4 is 23.4 Å². The molecule has 2 N–H and O–H groups in total. The Balaban J connectivity index is 1.80. The molecule has 146 valence electrons. The van der Waals surface area contributed by atoms with Gasteiger partial charge in [0.05, 0.1) is 10.9 Å². The standard InChI is InChI=1S/C22H20N4O2S/c1-3-15-9-11-17(12-10-15)24-20(27)14(2)29-22-25-19(16-7-5-4-6-8-16)18(13-23)21(28)26-22/h4-12,14H,3H2,1-2H3,(H,24,27)(H,25,26,28)/t14-/m1/s1. The molecular formula is C22H20N4O2S. The van der Waals surface area contributed by atoms with E-state index in [4.69, 9.17) is 0 Å². The first-order valence-electron chi connectivity index (χ1n) is 9.18. The van der Waals surface area contributed by atoms with E-state index in [-0.39, 0.29) is 16.6 Å². The molecule has 0 aliphatic carbocycles. The Morgan fingerprint density at radius 1 is 1.21 bits per heavy atom. The molecule has 0 saturated heterocycles. The van der Waals surface area contributed by atoms with Crippen molar-refractivity contribution in [1.82, 2.24) is 9.97 Å². The maximum atomic E-state index is 12.5. The van der Waals surface area contributed by atoms with Gasteiger partial charge in [-0.05, 0) is 31.0 Å². The van der Waals surface area contributed by atoms with E-state index in [1.165, 1.54) is 5.56 Å². The molecule has 29 heavy (non-hydrogen) atoms. The third-order valence-electron chi connectivity index (χ3n) is 4.34. The van der Waals surface area contributed by atoms with Crippen LogP contribution in [-0.2, 0) is 11.2 Å². The van der Waals surface area contributed by atoms with E-state index in [0.717, 1.165) is 18.2 Å². The molecule has 0 saturated carbocycles. The number of carbonyl (C=O) groups excluding carboxylic acids is 1. The number of amides is 1. The Labute approximate surface area is 173 Å². The van der Waals surface area contributed by atoms with Crippen LogP contribution in [0.5, 0.6) is 0 Å². The first-order valence-corrected chi connectivity index (χ1v) is 10.1. The highest BCUT2D eigenvalue weighted by Gasteiger charge is 2.19. The molecule has 3 rings (SSSR count). The highest BCUT2D eigenvalue weighted by Crippen LogP contribution is 2.25. The molecule has 0 aliphatic heterocycles. The van der Waals surface area contributed by atoms with Crippen LogP contribution in [-0.4, -0.2) is 21.1 Å². The summed E-state index contributed by atoms with van der Waals surface area (Å²) in [5.41, 5.74) is 2.32. The van der Waals surface area contributed by atoms with Crippen LogP contribution in [0, 0.1) is 11.3 Å². The number of hydrogen-bond acceptors (Lipinski definition) is 5. The van der Waals surface area contributed by atoms with Gasteiger partial charge in [-0.15, -0.1) is 0 Å². The van der Waals surface area contributed by atoms with Gasteiger partial charge in [-0.1, -0.05) is 61.2 Å². The van der Waals surface area contributed by atoms with Crippen LogP contribution in [0.1, 0.15) is 25.0 Å². The summed E-state index contributed by atoms with van der Waals surface area (Å²) in [5.74, 6) is -0.201. The molecule has 1 aromatic heterocycles. The van der Waals surface area contributed by atoms with Crippen molar-refractivity contribution in [3.05, 3.63) is 76.1 Å². The fourth-order valence-electron chi connectivity index (χ4n) is 2.71. The van der Waals surface area contributed by atoms with Crippen LogP contribution < -0.4 is 10.9 Å². The fraction of sp³-hybridized carbons (Fsp3) is 0.182. The zero-order chi connectivity index (χ0) is 20.8. The van der Waals surface area contributed by atoms with E-state index in [2.05, 4.69) is 22.2 Å². The van der Waals surface area contributed by atoms with Crippen molar-refractivity contribution in [2.75, 3.05) is 5.32 Å². The van der Waals surface area contributed by atoms with Crippen LogP contribution in [0.3, 0.4) is 0 Å². The van der Waals surface area contributed by atoms with Gasteiger partial charge in [-0.25, -0.2) is 4.98 Å². The summed E-state index contributed by atoms with van der Waals surface area (Å²) in [5, 5.41) is 12.0. The molecule has 1 heterocycles. The molecule has 3 aromatic rings. The lowest BCUT2D eigenvalue weighted by Crippen LogP contribution is -2.23. The van der Waals surface area contributed by atoms with Gasteiger partial charge in [0.2, 0.25) is 5.91 Å². The Bertz CT molecular complexity index is 1100. The first kappa shape index (κ1) is 20.4. The van der Waals surface area contributed by atoms with Crippen molar-refractivity contribution in [1.29, 1.82) is 5.26 Å². The predicted molar refractivity (Wildman–Crippen MR) is 115 cm³/mol. The summed E-state index contributed by atoms with van der Waals surface area (Å²) in [7, 11) is 0. The average Bonchev–Trinajstić information content (AvgIpc) is 2.74. The van der Waals surface area contributed by atoms with Gasteiger partial charge in [0, 0.05) is 11.3 Å². The summed E-state index contributed by atoms with van der Waals surface area (Å²) in [4.78, 5) is 31.9. The van der Waals surface area contributed by atoms with Gasteiger partial charge in [0.15, 0.2) is 5.16 Å². The maximum Gasteiger partial charge on any atom is 0.270 e. The number of hydrogen-bond donors (Lipinski definition) is 2. The van der Waals surface area contributed by atoms with E-state index in [9.17, 15) is 14.9 Å². The predicted octanol–water partition coefficient (Wildman–Crippen LogP) is 3.99. The van der Waals surface area contributed by atoms with Gasteiger partial charge in [-0.2, -0.15) is 5.26 Å². The summed E-state index contributed by atoms with van der Waals surface area (Å²) >= 11 is 1.13. The van der Waals surface area contributed by atoms with Crippen molar-refractivity contribution in [3.63, 3.8) is 0 Å². The summed E-state index contributed by atoms with van der Waals surface area (Å²) in [6.45, 7) is 3.81. The number of carbonyl (C=O) groups is 1. The van der Waals surface area contributed by atoms with E-state index in [0.29, 0.717) is 16.9 Å². The Morgan fingerprint density at radius 2 is 1.90 bits per heavy atom. The second kappa shape index (κ2) is 9.22. The molecule has 0 bridgehead atoms. The number of thioether (sulfide) groups is 1. The quantitative estimate of drug-likeness (QED) is 0.478. The second-order valence-electron chi connectivity index (χ2n) is 6.37. The van der Waals surface area contributed by atoms with E-state index in [1.54, 1.807) is 19.1 Å². The normalized spacial score (nSPS) is 11.5. The number of aromatic nitrogens is 2. The summed E-state index contributed by atoms with van der Waals surface area (Å²) in [6, 6.07) is 18.6. The Hall–Kier alpha value is -3.37. The van der Waals surface area contributed by atoms with Gasteiger partial charge in [0.1, 0.15) is 11.6 Å². The number of H-pyrrole nitrogens is 1. The molecule has 0 radical (unpaired) electrons. The van der Waals surface area contributed by atoms with Crippen LogP contribution in [0.15, 0.2) is 64.5 Å². The zero-order valence-electron chi connectivity index (χ0n) is 16.1. The summed E-state index contributed by atoms with van der Waals surface area (Å²) in [6.07, 6.45) is 0.932. The lowest BCUT2D eigenvalue weighted by Gasteiger charge is -2.13. The molecule has 7 heteroatoms. The van der Waals surface area contributed by atoms with Crippen molar-refractivity contribution in [2.45, 2.75) is 30.7 Å². The second-order valence-corrected chi connectivity index (χ2v) is 7.70. The molecular weight excluding hydrogens is 384 g/mol. The molecule has 0 fully saturated rings. The van der Waals surface area contributed by atoms with Crippen LogP contribution in [0.4, 0.5) is 5.69 Å². The van der Waals surface area contributed by atoms with Gasteiger partial charge in [-0.3, -0.25) is 9.59 Å². The Morgan fingerprint density at radius 3 is 2.52 bits per heavy atom. The topological polar surface area (TPSA) is 98.6 Å². The van der Waals surface area contributed by atoms with Crippen molar-refractivity contribution in [2.24, 2.45) is 0 Å². The number of aromatic amines is 1. The van der Waals surface area contributed by atoms with Crippen LogP contribution >= 0.6 is 11.8 Å². The number of aryl methyl sites for hydroxylation is 1. The number of benzene rings is 2. The minimum Gasteiger partial charge on any atom is -0.325 e. The number of nitriles is 1. The van der Waals surface area contributed by atoms with E-state index in [1.807, 2.05) is 48.5 Å². The molecule has 6 nitrogen and oxygen atoms in total. The highest BCUT2D eigenvalue weighted by atomic mass is 32.2. The minimum atomic E-state index is -0.522. The number of rotatable bonds is 6. The zero-order valence-corrected chi connectivity index (χ0v) is 16.9. The monoisotopic (exact) mass is 404 g/mol. The third kappa shape index (κ3) is 4.92. The van der Waals surface area contributed by atoms with E-state index >= 15 is 0 Å². The summed E-state index contributed by atoms with van der Waals surface area (Å²) < 4.78 is 0. The van der Waals surface area contributed by atoms with Gasteiger partial charge in [0.25, 0.3) is 5.56 Å². The molecule has 1 atom stereocenters. The number of nitrogens with zero attached hydrogens (tertiary/aromatic N) is 2. The first-order chi connectivity index (χ1) is 14.0. The largest absolute Gasteiger partial charge is 0.325 e. The fourth-order valence-corrected chi connectivity index (χ4v) is 3.50. The molecule has 0 unspecified atom stereocenters. The molecule has 1 amide bonds. The van der Waals surface area contributed by atoms with Crippen LogP contribution in [0.2, 0.25) is 0 Å². The van der Waals surface area contributed by atoms with Crippen LogP contribution in [0.25, 0.3) is 11.3 Å². The Kier molecular flexibility index (Phi) is 6.47. The molecule has 0 spiro atoms. The number of nitrogens with one attached hydrogen (secondary N) is 2. The average molecular weight is 404 g/mol.